The zero-order valence-corrected chi connectivity index (χ0v) is 15.1. The van der Waals surface area contributed by atoms with Crippen LogP contribution in [0.1, 0.15) is 18.1 Å². The van der Waals surface area contributed by atoms with Crippen LogP contribution < -0.4 is 5.32 Å². The van der Waals surface area contributed by atoms with Crippen LogP contribution in [0.3, 0.4) is 0 Å². The summed E-state index contributed by atoms with van der Waals surface area (Å²) in [5, 5.41) is 4.00. The highest BCUT2D eigenvalue weighted by molar-refractivity contribution is 7.89. The minimum Gasteiger partial charge on any atom is -0.383 e. The molecule has 0 aromatic heterocycles. The molecule has 0 amide bonds. The van der Waals surface area contributed by atoms with E-state index < -0.39 is 10.0 Å². The third-order valence-corrected chi connectivity index (χ3v) is 6.47. The Labute approximate surface area is 148 Å². The third-order valence-electron chi connectivity index (χ3n) is 4.37. The van der Waals surface area contributed by atoms with E-state index in [2.05, 4.69) is 5.32 Å². The van der Waals surface area contributed by atoms with Crippen molar-refractivity contribution < 1.29 is 8.42 Å². The summed E-state index contributed by atoms with van der Waals surface area (Å²) in [6.07, 6.45) is 0.675. The molecule has 0 unspecified atom stereocenters. The van der Waals surface area contributed by atoms with Crippen LogP contribution >= 0.6 is 11.6 Å². The second-order valence-corrected chi connectivity index (χ2v) is 8.62. The molecule has 4 nitrogen and oxygen atoms in total. The zero-order valence-electron chi connectivity index (χ0n) is 13.6. The molecule has 0 bridgehead atoms. The smallest absolute Gasteiger partial charge is 0.214 e. The monoisotopic (exact) mass is 364 g/mol. The molecule has 2 aromatic rings. The number of hydrogen-bond donors (Lipinski definition) is 1. The molecule has 128 valence electrons. The first kappa shape index (κ1) is 17.3. The van der Waals surface area contributed by atoms with Gasteiger partial charge in [-0.05, 0) is 42.7 Å². The van der Waals surface area contributed by atoms with Crippen molar-refractivity contribution in [1.82, 2.24) is 4.31 Å². The Morgan fingerprint density at radius 3 is 2.67 bits per heavy atom. The largest absolute Gasteiger partial charge is 0.383 e. The maximum absolute atomic E-state index is 12.7. The summed E-state index contributed by atoms with van der Waals surface area (Å²) in [4.78, 5) is 0. The van der Waals surface area contributed by atoms with Gasteiger partial charge in [0.1, 0.15) is 0 Å². The van der Waals surface area contributed by atoms with E-state index in [1.807, 2.05) is 48.5 Å². The average Bonchev–Trinajstić information content (AvgIpc) is 2.76. The molecule has 1 aliphatic rings. The number of nitrogens with one attached hydrogen (secondary N) is 1. The van der Waals surface area contributed by atoms with Gasteiger partial charge in [0, 0.05) is 29.8 Å². The Bertz CT molecular complexity index is 809. The van der Waals surface area contributed by atoms with E-state index in [9.17, 15) is 8.42 Å². The van der Waals surface area contributed by atoms with Crippen LogP contribution in [0.25, 0.3) is 0 Å². The minimum atomic E-state index is -3.32. The molecular formula is C18H21ClN2O2S. The lowest BCUT2D eigenvalue weighted by Gasteiger charge is -2.28. The molecule has 1 aliphatic heterocycles. The molecule has 0 radical (unpaired) electrons. The fraction of sp³-hybridized carbons (Fsp3) is 0.333. The molecule has 0 saturated carbocycles. The first-order chi connectivity index (χ1) is 11.5. The molecular weight excluding hydrogens is 344 g/mol. The van der Waals surface area contributed by atoms with Crippen LogP contribution in [0.2, 0.25) is 5.02 Å². The van der Waals surface area contributed by atoms with Gasteiger partial charge in [0.2, 0.25) is 10.0 Å². The molecule has 6 heteroatoms. The molecule has 2 aromatic carbocycles. The van der Waals surface area contributed by atoms with Crippen molar-refractivity contribution in [3.63, 3.8) is 0 Å². The number of halogens is 1. The van der Waals surface area contributed by atoms with Crippen molar-refractivity contribution >= 4 is 27.3 Å². The fourth-order valence-electron chi connectivity index (χ4n) is 3.04. The molecule has 24 heavy (non-hydrogen) atoms. The van der Waals surface area contributed by atoms with Gasteiger partial charge in [0.15, 0.2) is 0 Å². The van der Waals surface area contributed by atoms with Gasteiger partial charge in [-0.1, -0.05) is 41.9 Å². The van der Waals surface area contributed by atoms with E-state index in [-0.39, 0.29) is 11.8 Å². The van der Waals surface area contributed by atoms with Crippen molar-refractivity contribution in [2.45, 2.75) is 25.9 Å². The Hall–Kier alpha value is -1.56. The maximum Gasteiger partial charge on any atom is 0.214 e. The molecule has 1 heterocycles. The zero-order chi connectivity index (χ0) is 17.2. The van der Waals surface area contributed by atoms with E-state index in [4.69, 9.17) is 11.6 Å². The Balaban J connectivity index is 1.95. The SMILES string of the molecule is CCS(=O)(=O)N1Cc2cc(Cl)ccc2NC[C@H]1Cc1ccccc1. The van der Waals surface area contributed by atoms with E-state index in [1.54, 1.807) is 11.2 Å². The predicted molar refractivity (Wildman–Crippen MR) is 98.9 cm³/mol. The number of hydrogen-bond acceptors (Lipinski definition) is 3. The van der Waals surface area contributed by atoms with Crippen molar-refractivity contribution in [2.24, 2.45) is 0 Å². The summed E-state index contributed by atoms with van der Waals surface area (Å²) in [7, 11) is -3.32. The Kier molecular flexibility index (Phi) is 5.13. The van der Waals surface area contributed by atoms with Gasteiger partial charge in [-0.15, -0.1) is 0 Å². The topological polar surface area (TPSA) is 49.4 Å². The summed E-state index contributed by atoms with van der Waals surface area (Å²) in [5.41, 5.74) is 2.99. The molecule has 0 aliphatic carbocycles. The fourth-order valence-corrected chi connectivity index (χ4v) is 4.51. The number of fused-ring (bicyclic) bond motifs is 1. The van der Waals surface area contributed by atoms with Gasteiger partial charge in [-0.2, -0.15) is 4.31 Å². The number of rotatable bonds is 4. The maximum atomic E-state index is 12.7. The van der Waals surface area contributed by atoms with Crippen molar-refractivity contribution in [3.8, 4) is 0 Å². The highest BCUT2D eigenvalue weighted by Crippen LogP contribution is 2.28. The number of anilines is 1. The molecule has 0 saturated heterocycles. The van der Waals surface area contributed by atoms with Gasteiger partial charge in [0.05, 0.1) is 5.75 Å². The lowest BCUT2D eigenvalue weighted by molar-refractivity contribution is 0.326. The van der Waals surface area contributed by atoms with Gasteiger partial charge in [-0.3, -0.25) is 0 Å². The van der Waals surface area contributed by atoms with Crippen LogP contribution in [-0.2, 0) is 23.0 Å². The van der Waals surface area contributed by atoms with E-state index in [0.29, 0.717) is 24.5 Å². The first-order valence-electron chi connectivity index (χ1n) is 8.05. The van der Waals surface area contributed by atoms with Crippen molar-refractivity contribution in [1.29, 1.82) is 0 Å². The number of benzene rings is 2. The van der Waals surface area contributed by atoms with E-state index in [0.717, 1.165) is 16.8 Å². The van der Waals surface area contributed by atoms with Crippen LogP contribution in [0.4, 0.5) is 5.69 Å². The van der Waals surface area contributed by atoms with Crippen molar-refractivity contribution in [3.05, 3.63) is 64.7 Å². The highest BCUT2D eigenvalue weighted by Gasteiger charge is 2.31. The van der Waals surface area contributed by atoms with Gasteiger partial charge in [0.25, 0.3) is 0 Å². The highest BCUT2D eigenvalue weighted by atomic mass is 35.5. The quantitative estimate of drug-likeness (QED) is 0.902. The Morgan fingerprint density at radius 1 is 1.21 bits per heavy atom. The van der Waals surface area contributed by atoms with Crippen LogP contribution in [0, 0.1) is 0 Å². The van der Waals surface area contributed by atoms with Gasteiger partial charge in [-0.25, -0.2) is 8.42 Å². The molecule has 1 N–H and O–H groups in total. The van der Waals surface area contributed by atoms with E-state index >= 15 is 0 Å². The molecule has 0 fully saturated rings. The summed E-state index contributed by atoms with van der Waals surface area (Å²) in [6.45, 7) is 2.60. The van der Waals surface area contributed by atoms with Gasteiger partial charge >= 0.3 is 0 Å². The summed E-state index contributed by atoms with van der Waals surface area (Å²) in [6, 6.07) is 15.4. The molecule has 3 rings (SSSR count). The predicted octanol–water partition coefficient (Wildman–Crippen LogP) is 3.53. The van der Waals surface area contributed by atoms with E-state index in [1.165, 1.54) is 0 Å². The lowest BCUT2D eigenvalue weighted by Crippen LogP contribution is -2.44. The molecule has 0 spiro atoms. The lowest BCUT2D eigenvalue weighted by atomic mass is 10.1. The Morgan fingerprint density at radius 2 is 1.96 bits per heavy atom. The summed E-state index contributed by atoms with van der Waals surface area (Å²) >= 11 is 6.10. The summed E-state index contributed by atoms with van der Waals surface area (Å²) < 4.78 is 27.0. The number of sulfonamides is 1. The first-order valence-corrected chi connectivity index (χ1v) is 10.0. The van der Waals surface area contributed by atoms with Crippen LogP contribution in [-0.4, -0.2) is 31.1 Å². The van der Waals surface area contributed by atoms with Crippen LogP contribution in [0.5, 0.6) is 0 Å². The standard InChI is InChI=1S/C18H21ClN2O2S/c1-2-24(22,23)21-13-15-11-16(19)8-9-18(15)20-12-17(21)10-14-6-4-3-5-7-14/h3-9,11,17,20H,2,10,12-13H2,1H3/t17-/m1/s1. The third kappa shape index (κ3) is 3.74. The minimum absolute atomic E-state index is 0.0915. The number of nitrogens with zero attached hydrogens (tertiary/aromatic N) is 1. The van der Waals surface area contributed by atoms with Gasteiger partial charge < -0.3 is 5.32 Å². The van der Waals surface area contributed by atoms with Crippen molar-refractivity contribution in [2.75, 3.05) is 17.6 Å². The second-order valence-electron chi connectivity index (χ2n) is 5.97. The van der Waals surface area contributed by atoms with Crippen LogP contribution in [0.15, 0.2) is 48.5 Å². The second kappa shape index (κ2) is 7.13. The average molecular weight is 365 g/mol. The molecule has 1 atom stereocenters. The summed E-state index contributed by atoms with van der Waals surface area (Å²) in [5.74, 6) is 0.0915. The normalized spacial score (nSPS) is 18.5.